The highest BCUT2D eigenvalue weighted by Crippen LogP contribution is 2.40. The van der Waals surface area contributed by atoms with Crippen LogP contribution in [0.5, 0.6) is 0 Å². The summed E-state index contributed by atoms with van der Waals surface area (Å²) in [5.74, 6) is 1.17. The number of carboxylic acid groups (broad SMARTS) is 1. The van der Waals surface area contributed by atoms with E-state index in [1.807, 2.05) is 12.4 Å². The maximum Gasteiger partial charge on any atom is 0.303 e. The van der Waals surface area contributed by atoms with Crippen LogP contribution in [0.2, 0.25) is 0 Å². The molecule has 0 bridgehead atoms. The predicted molar refractivity (Wildman–Crippen MR) is 145 cm³/mol. The molecule has 1 spiro atoms. The van der Waals surface area contributed by atoms with Gasteiger partial charge in [0, 0.05) is 50.8 Å². The van der Waals surface area contributed by atoms with E-state index in [9.17, 15) is 4.79 Å². The van der Waals surface area contributed by atoms with Crippen molar-refractivity contribution in [3.8, 4) is 0 Å². The molecule has 37 heavy (non-hydrogen) atoms. The standard InChI is InChI=1S/C28H47N7O2/c1-27(2,3)22-33-17-8-28(9-18-33)7-16-32(23-28)14-5-15-35-19-12-31-25(35)21-34(13-4-6-26(36)37)20-24-29-10-11-30-24/h10-12,19H,4-9,13-18,20-23H2,1-3H3,(H,29,30)(H,36,37). The predicted octanol–water partition coefficient (Wildman–Crippen LogP) is 3.70. The zero-order valence-electron chi connectivity index (χ0n) is 23.2. The molecule has 2 aromatic rings. The van der Waals surface area contributed by atoms with E-state index < -0.39 is 5.97 Å². The van der Waals surface area contributed by atoms with Gasteiger partial charge in [0.05, 0.1) is 13.1 Å². The number of piperidine rings is 1. The minimum Gasteiger partial charge on any atom is -0.481 e. The largest absolute Gasteiger partial charge is 0.481 e. The molecule has 0 atom stereocenters. The van der Waals surface area contributed by atoms with Crippen LogP contribution in [0.25, 0.3) is 0 Å². The molecule has 2 aromatic heterocycles. The molecule has 2 aliphatic rings. The zero-order valence-corrected chi connectivity index (χ0v) is 23.2. The number of hydrogen-bond donors (Lipinski definition) is 2. The highest BCUT2D eigenvalue weighted by atomic mass is 16.4. The van der Waals surface area contributed by atoms with E-state index in [2.05, 4.69) is 61.2 Å². The number of carboxylic acids is 1. The number of nitrogens with zero attached hydrogens (tertiary/aromatic N) is 6. The van der Waals surface area contributed by atoms with E-state index in [0.29, 0.717) is 36.9 Å². The van der Waals surface area contributed by atoms with E-state index in [1.54, 1.807) is 6.20 Å². The summed E-state index contributed by atoms with van der Waals surface area (Å²) in [6, 6.07) is 0. The summed E-state index contributed by atoms with van der Waals surface area (Å²) in [7, 11) is 0. The third-order valence-electron chi connectivity index (χ3n) is 7.97. The Morgan fingerprint density at radius 2 is 1.81 bits per heavy atom. The summed E-state index contributed by atoms with van der Waals surface area (Å²) in [5.41, 5.74) is 0.920. The number of carbonyl (C=O) groups is 1. The summed E-state index contributed by atoms with van der Waals surface area (Å²) in [4.78, 5) is 30.7. The SMILES string of the molecule is CC(C)(C)CN1CCC2(CC1)CCN(CCCn1ccnc1CN(CCCC(=O)O)Cc1ncc[nH]1)C2. The molecule has 2 fully saturated rings. The van der Waals surface area contributed by atoms with E-state index in [0.717, 1.165) is 31.2 Å². The highest BCUT2D eigenvalue weighted by Gasteiger charge is 2.40. The second kappa shape index (κ2) is 12.5. The van der Waals surface area contributed by atoms with E-state index >= 15 is 0 Å². The van der Waals surface area contributed by atoms with Crippen molar-refractivity contribution in [2.45, 2.75) is 78.9 Å². The van der Waals surface area contributed by atoms with Crippen LogP contribution in [-0.4, -0.2) is 91.1 Å². The highest BCUT2D eigenvalue weighted by molar-refractivity contribution is 5.66. The fourth-order valence-electron chi connectivity index (χ4n) is 6.11. The molecule has 0 amide bonds. The maximum absolute atomic E-state index is 11.0. The number of likely N-dealkylation sites (tertiary alicyclic amines) is 2. The Bertz CT molecular complexity index is 958. The van der Waals surface area contributed by atoms with Crippen molar-refractivity contribution in [2.24, 2.45) is 10.8 Å². The van der Waals surface area contributed by atoms with Gasteiger partial charge in [0.1, 0.15) is 11.6 Å². The first-order valence-electron chi connectivity index (χ1n) is 14.1. The molecule has 206 valence electrons. The normalized spacial score (nSPS) is 18.8. The smallest absolute Gasteiger partial charge is 0.303 e. The van der Waals surface area contributed by atoms with Gasteiger partial charge in [-0.25, -0.2) is 9.97 Å². The van der Waals surface area contributed by atoms with Gasteiger partial charge < -0.3 is 24.5 Å². The Labute approximate surface area is 222 Å². The number of hydrogen-bond acceptors (Lipinski definition) is 6. The van der Waals surface area contributed by atoms with Crippen LogP contribution in [0, 0.1) is 10.8 Å². The van der Waals surface area contributed by atoms with Gasteiger partial charge in [-0.2, -0.15) is 0 Å². The number of aliphatic carboxylic acids is 1. The molecule has 0 saturated carbocycles. The van der Waals surface area contributed by atoms with Gasteiger partial charge in [-0.3, -0.25) is 9.69 Å². The topological polar surface area (TPSA) is 93.5 Å². The lowest BCUT2D eigenvalue weighted by Gasteiger charge is -2.41. The number of nitrogens with one attached hydrogen (secondary N) is 1. The quantitative estimate of drug-likeness (QED) is 0.422. The minimum absolute atomic E-state index is 0.176. The molecular formula is C28H47N7O2. The lowest BCUT2D eigenvalue weighted by atomic mass is 9.77. The molecule has 4 heterocycles. The number of imidazole rings is 2. The average molecular weight is 514 g/mol. The Balaban J connectivity index is 1.23. The van der Waals surface area contributed by atoms with Crippen molar-refractivity contribution in [3.05, 3.63) is 36.4 Å². The maximum atomic E-state index is 11.0. The molecule has 9 heteroatoms. The summed E-state index contributed by atoms with van der Waals surface area (Å²) in [6.07, 6.45) is 13.5. The van der Waals surface area contributed by atoms with Gasteiger partial charge in [0.2, 0.25) is 0 Å². The summed E-state index contributed by atoms with van der Waals surface area (Å²) in [5, 5.41) is 9.04. The van der Waals surface area contributed by atoms with Crippen molar-refractivity contribution in [3.63, 3.8) is 0 Å². The van der Waals surface area contributed by atoms with Crippen LogP contribution in [0.15, 0.2) is 24.8 Å². The molecule has 0 unspecified atom stereocenters. The second-order valence-electron chi connectivity index (χ2n) is 12.5. The van der Waals surface area contributed by atoms with Crippen molar-refractivity contribution >= 4 is 5.97 Å². The summed E-state index contributed by atoms with van der Waals surface area (Å²) < 4.78 is 2.27. The number of aryl methyl sites for hydroxylation is 1. The van der Waals surface area contributed by atoms with Gasteiger partial charge >= 0.3 is 5.97 Å². The number of aromatic amines is 1. The van der Waals surface area contributed by atoms with Gasteiger partial charge in [-0.15, -0.1) is 0 Å². The first kappa shape index (κ1) is 27.8. The molecule has 2 aliphatic heterocycles. The second-order valence-corrected chi connectivity index (χ2v) is 12.5. The summed E-state index contributed by atoms with van der Waals surface area (Å²) >= 11 is 0. The van der Waals surface area contributed by atoms with Crippen molar-refractivity contribution in [2.75, 3.05) is 45.8 Å². The Morgan fingerprint density at radius 1 is 1.05 bits per heavy atom. The molecule has 2 saturated heterocycles. The molecule has 2 N–H and O–H groups in total. The lowest BCUT2D eigenvalue weighted by Crippen LogP contribution is -2.44. The van der Waals surface area contributed by atoms with E-state index in [-0.39, 0.29) is 6.42 Å². The van der Waals surface area contributed by atoms with E-state index in [1.165, 1.54) is 52.0 Å². The Kier molecular flexibility index (Phi) is 9.42. The molecular weight excluding hydrogens is 466 g/mol. The fourth-order valence-corrected chi connectivity index (χ4v) is 6.11. The van der Waals surface area contributed by atoms with Gasteiger partial charge in [0.25, 0.3) is 0 Å². The number of H-pyrrole nitrogens is 1. The van der Waals surface area contributed by atoms with E-state index in [4.69, 9.17) is 5.11 Å². The summed E-state index contributed by atoms with van der Waals surface area (Å²) in [6.45, 7) is 17.4. The van der Waals surface area contributed by atoms with Crippen LogP contribution >= 0.6 is 0 Å². The third-order valence-corrected chi connectivity index (χ3v) is 7.97. The zero-order chi connectivity index (χ0) is 26.3. The molecule has 4 rings (SSSR count). The lowest BCUT2D eigenvalue weighted by molar-refractivity contribution is -0.137. The van der Waals surface area contributed by atoms with Gasteiger partial charge in [-0.05, 0) is 75.7 Å². The minimum atomic E-state index is -0.751. The monoisotopic (exact) mass is 513 g/mol. The van der Waals surface area contributed by atoms with Crippen molar-refractivity contribution in [1.82, 2.24) is 34.2 Å². The first-order valence-corrected chi connectivity index (χ1v) is 14.1. The van der Waals surface area contributed by atoms with Crippen LogP contribution in [0.3, 0.4) is 0 Å². The number of aromatic nitrogens is 4. The molecule has 0 radical (unpaired) electrons. The Hall–Kier alpha value is -2.23. The molecule has 9 nitrogen and oxygen atoms in total. The van der Waals surface area contributed by atoms with Crippen LogP contribution in [0.4, 0.5) is 0 Å². The number of rotatable bonds is 13. The van der Waals surface area contributed by atoms with Crippen molar-refractivity contribution < 1.29 is 9.90 Å². The third kappa shape index (κ3) is 8.65. The molecule has 0 aromatic carbocycles. The van der Waals surface area contributed by atoms with Gasteiger partial charge in [0.15, 0.2) is 0 Å². The molecule has 0 aliphatic carbocycles. The average Bonchev–Trinajstić information content (AvgIpc) is 3.58. The van der Waals surface area contributed by atoms with Crippen molar-refractivity contribution in [1.29, 1.82) is 0 Å². The van der Waals surface area contributed by atoms with Crippen LogP contribution < -0.4 is 0 Å². The fraction of sp³-hybridized carbons (Fsp3) is 0.750. The first-order chi connectivity index (χ1) is 17.7. The Morgan fingerprint density at radius 3 is 2.49 bits per heavy atom. The van der Waals surface area contributed by atoms with Crippen LogP contribution in [0.1, 0.15) is 70.9 Å². The van der Waals surface area contributed by atoms with Crippen LogP contribution in [-0.2, 0) is 24.4 Å². The van der Waals surface area contributed by atoms with Gasteiger partial charge in [-0.1, -0.05) is 20.8 Å².